The molecule has 0 aromatic carbocycles. The summed E-state index contributed by atoms with van der Waals surface area (Å²) in [4.78, 5) is 11.8. The minimum atomic E-state index is -1.32. The first-order valence-electron chi connectivity index (χ1n) is 14.6. The molecule has 0 spiro atoms. The van der Waals surface area contributed by atoms with E-state index in [0.717, 1.165) is 50.5 Å². The molecular formula is C29H44O9. The standard InChI is InChI=1S/C29H44O9/c1-15-23(32)24(33)25(34)26(37-15)38-18-5-9-28(14-30)17(12-18)3-4-21-20(28)6-8-27(2)19(7-10-29(21,27)35)16-11-22(31)36-13-16/h11,15,17-21,23-26,30,32-35H,3-10,12-14H2,1-2H3/t15?,17?,18?,19?,20?,21?,23?,24?,25?,26?,27-,28-,29?/m1/s1. The normalized spacial score (nSPS) is 54.5. The highest BCUT2D eigenvalue weighted by molar-refractivity contribution is 5.85. The molecule has 1 saturated heterocycles. The first kappa shape index (κ1) is 27.1. The van der Waals surface area contributed by atoms with E-state index in [1.807, 2.05) is 0 Å². The van der Waals surface area contributed by atoms with Crippen LogP contribution in [-0.4, -0.2) is 87.1 Å². The predicted octanol–water partition coefficient (Wildman–Crippen LogP) is 1.43. The fourth-order valence-electron chi connectivity index (χ4n) is 9.91. The Labute approximate surface area is 224 Å². The Balaban J connectivity index is 1.19. The Morgan fingerprint density at radius 2 is 1.79 bits per heavy atom. The lowest BCUT2D eigenvalue weighted by Crippen LogP contribution is -2.64. The van der Waals surface area contributed by atoms with E-state index >= 15 is 0 Å². The van der Waals surface area contributed by atoms with Crippen molar-refractivity contribution in [2.75, 3.05) is 13.2 Å². The Morgan fingerprint density at radius 3 is 2.50 bits per heavy atom. The van der Waals surface area contributed by atoms with Gasteiger partial charge in [-0.1, -0.05) is 6.92 Å². The van der Waals surface area contributed by atoms with E-state index in [2.05, 4.69) is 6.92 Å². The Hall–Kier alpha value is -1.07. The molecule has 4 saturated carbocycles. The molecule has 11 unspecified atom stereocenters. The van der Waals surface area contributed by atoms with Crippen LogP contribution in [0.2, 0.25) is 0 Å². The number of carbonyl (C=O) groups excluding carboxylic acids is 1. The maximum Gasteiger partial charge on any atom is 0.331 e. The number of rotatable bonds is 4. The van der Waals surface area contributed by atoms with E-state index < -0.39 is 36.3 Å². The smallest absolute Gasteiger partial charge is 0.331 e. The molecule has 9 heteroatoms. The van der Waals surface area contributed by atoms with Gasteiger partial charge in [0.25, 0.3) is 0 Å². The van der Waals surface area contributed by atoms with Crippen molar-refractivity contribution >= 4 is 5.97 Å². The Kier molecular flexibility index (Phi) is 6.78. The maximum atomic E-state index is 12.4. The molecule has 9 nitrogen and oxygen atoms in total. The summed E-state index contributed by atoms with van der Waals surface area (Å²) in [5, 5.41) is 53.9. The van der Waals surface area contributed by atoms with Gasteiger partial charge >= 0.3 is 5.97 Å². The molecule has 2 heterocycles. The number of fused-ring (bicyclic) bond motifs is 5. The van der Waals surface area contributed by atoms with Crippen LogP contribution in [0, 0.1) is 34.5 Å². The predicted molar refractivity (Wildman–Crippen MR) is 134 cm³/mol. The minimum absolute atomic E-state index is 0.0831. The van der Waals surface area contributed by atoms with Gasteiger partial charge in [-0.3, -0.25) is 0 Å². The monoisotopic (exact) mass is 536 g/mol. The third-order valence-electron chi connectivity index (χ3n) is 12.1. The van der Waals surface area contributed by atoms with Gasteiger partial charge in [-0.2, -0.15) is 0 Å². The molecular weight excluding hydrogens is 492 g/mol. The van der Waals surface area contributed by atoms with E-state index in [4.69, 9.17) is 14.2 Å². The second kappa shape index (κ2) is 9.50. The second-order valence-electron chi connectivity index (χ2n) is 13.4. The quantitative estimate of drug-likeness (QED) is 0.266. The van der Waals surface area contributed by atoms with Gasteiger partial charge in [-0.15, -0.1) is 0 Å². The lowest BCUT2D eigenvalue weighted by Gasteiger charge is -2.64. The maximum absolute atomic E-state index is 12.4. The van der Waals surface area contributed by atoms with Gasteiger partial charge in [0, 0.05) is 18.1 Å². The molecule has 5 fully saturated rings. The van der Waals surface area contributed by atoms with Gasteiger partial charge in [-0.05, 0) is 99.4 Å². The van der Waals surface area contributed by atoms with E-state index in [9.17, 15) is 30.3 Å². The number of aliphatic hydroxyl groups excluding tert-OH is 4. The summed E-state index contributed by atoms with van der Waals surface area (Å²) in [6.45, 7) is 4.27. The van der Waals surface area contributed by atoms with Crippen LogP contribution in [0.5, 0.6) is 0 Å². The summed E-state index contributed by atoms with van der Waals surface area (Å²) >= 11 is 0. The highest BCUT2D eigenvalue weighted by Gasteiger charge is 2.68. The van der Waals surface area contributed by atoms with Gasteiger partial charge in [0.05, 0.1) is 17.8 Å². The lowest BCUT2D eigenvalue weighted by molar-refractivity contribution is -0.311. The molecule has 0 radical (unpaired) electrons. The number of aliphatic hydroxyl groups is 5. The van der Waals surface area contributed by atoms with E-state index in [1.165, 1.54) is 0 Å². The van der Waals surface area contributed by atoms with Crippen LogP contribution in [-0.2, 0) is 19.0 Å². The first-order valence-corrected chi connectivity index (χ1v) is 14.6. The highest BCUT2D eigenvalue weighted by atomic mass is 16.7. The van der Waals surface area contributed by atoms with Crippen molar-refractivity contribution < 1.29 is 44.5 Å². The van der Waals surface area contributed by atoms with E-state index in [-0.39, 0.29) is 53.2 Å². The number of ether oxygens (including phenoxy) is 3. The molecule has 4 aliphatic carbocycles. The second-order valence-corrected chi connectivity index (χ2v) is 13.4. The zero-order chi connectivity index (χ0) is 27.0. The van der Waals surface area contributed by atoms with Gasteiger partial charge in [0.15, 0.2) is 6.29 Å². The molecule has 0 aromatic heterocycles. The van der Waals surface area contributed by atoms with E-state index in [1.54, 1.807) is 13.0 Å². The highest BCUT2D eigenvalue weighted by Crippen LogP contribution is 2.70. The third kappa shape index (κ3) is 3.80. The van der Waals surface area contributed by atoms with Crippen LogP contribution in [0.4, 0.5) is 0 Å². The van der Waals surface area contributed by atoms with Crippen LogP contribution in [0.25, 0.3) is 0 Å². The third-order valence-corrected chi connectivity index (χ3v) is 12.1. The zero-order valence-corrected chi connectivity index (χ0v) is 22.5. The number of esters is 1. The molecule has 0 aromatic rings. The summed E-state index contributed by atoms with van der Waals surface area (Å²) in [7, 11) is 0. The fourth-order valence-corrected chi connectivity index (χ4v) is 9.91. The van der Waals surface area contributed by atoms with Crippen molar-refractivity contribution in [2.45, 2.75) is 114 Å². The van der Waals surface area contributed by atoms with Gasteiger partial charge < -0.3 is 39.7 Å². The number of hydrogen-bond donors (Lipinski definition) is 5. The van der Waals surface area contributed by atoms with Crippen LogP contribution in [0.1, 0.15) is 71.6 Å². The molecule has 5 N–H and O–H groups in total. The Bertz CT molecular complexity index is 970. The largest absolute Gasteiger partial charge is 0.458 e. The summed E-state index contributed by atoms with van der Waals surface area (Å²) in [6, 6.07) is 0. The van der Waals surface area contributed by atoms with Crippen molar-refractivity contribution in [3.63, 3.8) is 0 Å². The molecule has 38 heavy (non-hydrogen) atoms. The average Bonchev–Trinajstić information content (AvgIpc) is 3.45. The van der Waals surface area contributed by atoms with Crippen LogP contribution in [0.15, 0.2) is 11.6 Å². The van der Waals surface area contributed by atoms with Crippen molar-refractivity contribution in [3.8, 4) is 0 Å². The van der Waals surface area contributed by atoms with Crippen molar-refractivity contribution in [2.24, 2.45) is 34.5 Å². The molecule has 0 bridgehead atoms. The summed E-state index contributed by atoms with van der Waals surface area (Å²) in [5.41, 5.74) is -0.401. The number of hydrogen-bond acceptors (Lipinski definition) is 9. The number of carbonyl (C=O) groups is 1. The topological polar surface area (TPSA) is 146 Å². The van der Waals surface area contributed by atoms with E-state index in [0.29, 0.717) is 19.4 Å². The van der Waals surface area contributed by atoms with Crippen molar-refractivity contribution in [1.29, 1.82) is 0 Å². The molecule has 13 atom stereocenters. The molecule has 6 rings (SSSR count). The van der Waals surface area contributed by atoms with Crippen LogP contribution >= 0.6 is 0 Å². The molecule has 2 aliphatic heterocycles. The zero-order valence-electron chi connectivity index (χ0n) is 22.5. The van der Waals surface area contributed by atoms with Crippen LogP contribution < -0.4 is 0 Å². The molecule has 214 valence electrons. The first-order chi connectivity index (χ1) is 18.0. The van der Waals surface area contributed by atoms with Crippen LogP contribution in [0.3, 0.4) is 0 Å². The van der Waals surface area contributed by atoms with Gasteiger partial charge in [-0.25, -0.2) is 4.79 Å². The summed E-state index contributed by atoms with van der Waals surface area (Å²) in [5.74, 6) is 0.414. The van der Waals surface area contributed by atoms with Gasteiger partial charge in [0.2, 0.25) is 0 Å². The summed E-state index contributed by atoms with van der Waals surface area (Å²) in [6.07, 6.45) is 3.35. The molecule has 0 amide bonds. The van der Waals surface area contributed by atoms with Gasteiger partial charge in [0.1, 0.15) is 24.9 Å². The minimum Gasteiger partial charge on any atom is -0.458 e. The SMILES string of the molecule is CC1OC(OC2CC[C@@]3(CO)C(CCC4C3CC[C@]3(C)C(C5=CC(=O)OC5)CCC43O)C2)C(O)C(O)C1O. The van der Waals surface area contributed by atoms with Crippen molar-refractivity contribution in [1.82, 2.24) is 0 Å². The fraction of sp³-hybridized carbons (Fsp3) is 0.897. The Morgan fingerprint density at radius 1 is 1.00 bits per heavy atom. The summed E-state index contributed by atoms with van der Waals surface area (Å²) < 4.78 is 17.1. The molecule has 6 aliphatic rings. The lowest BCUT2D eigenvalue weighted by atomic mass is 9.43. The average molecular weight is 537 g/mol. The number of cyclic esters (lactones) is 1. The van der Waals surface area contributed by atoms with Crippen molar-refractivity contribution in [3.05, 3.63) is 11.6 Å².